The molecule has 1 atom stereocenters. The molecule has 0 aliphatic rings. The van der Waals surface area contributed by atoms with Gasteiger partial charge in [0.05, 0.1) is 6.61 Å². The van der Waals surface area contributed by atoms with Crippen LogP contribution in [0.1, 0.15) is 18.2 Å². The number of methoxy groups -OCH3 is 1. The van der Waals surface area contributed by atoms with E-state index in [1.165, 1.54) is 4.88 Å². The molecular weight excluding hydrogens is 290 g/mol. The topological polar surface area (TPSA) is 41.5 Å². The van der Waals surface area contributed by atoms with Gasteiger partial charge in [-0.3, -0.25) is 0 Å². The van der Waals surface area contributed by atoms with Gasteiger partial charge in [0.25, 0.3) is 0 Å². The minimum atomic E-state index is -0.174. The normalized spacial score (nSPS) is 15.0. The summed E-state index contributed by atoms with van der Waals surface area (Å²) in [5.41, 5.74) is -0.174. The van der Waals surface area contributed by atoms with E-state index in [0.717, 1.165) is 11.0 Å². The van der Waals surface area contributed by atoms with Gasteiger partial charge >= 0.3 is 0 Å². The Morgan fingerprint density at radius 2 is 2.38 bits per heavy atom. The molecule has 0 bridgehead atoms. The third-order valence-electron chi connectivity index (χ3n) is 2.49. The molecule has 92 valence electrons. The minimum absolute atomic E-state index is 0.165. The van der Waals surface area contributed by atoms with Gasteiger partial charge in [-0.05, 0) is 40.7 Å². The summed E-state index contributed by atoms with van der Waals surface area (Å²) in [6.45, 7) is 3.61. The maximum atomic E-state index is 9.04. The van der Waals surface area contributed by atoms with Gasteiger partial charge in [-0.25, -0.2) is 0 Å². The van der Waals surface area contributed by atoms with Crippen molar-refractivity contribution in [2.75, 3.05) is 20.3 Å². The van der Waals surface area contributed by atoms with Crippen LogP contribution in [0.5, 0.6) is 0 Å². The van der Waals surface area contributed by atoms with Crippen molar-refractivity contribution in [3.8, 4) is 0 Å². The molecule has 0 aromatic carbocycles. The van der Waals surface area contributed by atoms with Crippen molar-refractivity contribution in [2.45, 2.75) is 25.4 Å². The Labute approximate surface area is 109 Å². The highest BCUT2D eigenvalue weighted by Gasteiger charge is 2.23. The maximum absolute atomic E-state index is 9.04. The molecular formula is C11H18BrNO2S. The van der Waals surface area contributed by atoms with Crippen LogP contribution in [0.2, 0.25) is 0 Å². The summed E-state index contributed by atoms with van der Waals surface area (Å²) >= 11 is 5.22. The summed E-state index contributed by atoms with van der Waals surface area (Å²) < 4.78 is 6.31. The smallest absolute Gasteiger partial charge is 0.0642 e. The quantitative estimate of drug-likeness (QED) is 0.813. The van der Waals surface area contributed by atoms with E-state index in [9.17, 15) is 0 Å². The standard InChI is InChI=1S/C11H18BrNO2S/c1-11(4-5-14,8-15-2)13-7-10-9(12)3-6-16-10/h3,6,13-14H,4-5,7-8H2,1-2H3. The predicted molar refractivity (Wildman–Crippen MR) is 70.8 cm³/mol. The summed E-state index contributed by atoms with van der Waals surface area (Å²) in [5, 5.41) is 14.5. The summed E-state index contributed by atoms with van der Waals surface area (Å²) in [7, 11) is 1.68. The molecule has 2 N–H and O–H groups in total. The van der Waals surface area contributed by atoms with Crippen molar-refractivity contribution in [3.05, 3.63) is 20.8 Å². The first-order valence-electron chi connectivity index (χ1n) is 5.18. The number of ether oxygens (including phenoxy) is 1. The molecule has 1 aromatic heterocycles. The van der Waals surface area contributed by atoms with Crippen LogP contribution in [-0.2, 0) is 11.3 Å². The number of nitrogens with one attached hydrogen (secondary N) is 1. The highest BCUT2D eigenvalue weighted by Crippen LogP contribution is 2.23. The molecule has 1 heterocycles. The van der Waals surface area contributed by atoms with Gasteiger partial charge in [0, 0.05) is 35.2 Å². The summed E-state index contributed by atoms with van der Waals surface area (Å²) in [5.74, 6) is 0. The third-order valence-corrected chi connectivity index (χ3v) is 4.42. The molecule has 0 amide bonds. The Balaban J connectivity index is 2.53. The van der Waals surface area contributed by atoms with Gasteiger partial charge < -0.3 is 15.2 Å². The van der Waals surface area contributed by atoms with Crippen LogP contribution in [0.3, 0.4) is 0 Å². The molecule has 1 aromatic rings. The maximum Gasteiger partial charge on any atom is 0.0642 e. The predicted octanol–water partition coefficient (Wildman–Crippen LogP) is 2.39. The fourth-order valence-electron chi connectivity index (χ4n) is 1.52. The van der Waals surface area contributed by atoms with Crippen LogP contribution >= 0.6 is 27.3 Å². The molecule has 3 nitrogen and oxygen atoms in total. The lowest BCUT2D eigenvalue weighted by molar-refractivity contribution is 0.0971. The van der Waals surface area contributed by atoms with Crippen LogP contribution in [-0.4, -0.2) is 31.0 Å². The van der Waals surface area contributed by atoms with Crippen LogP contribution in [0.25, 0.3) is 0 Å². The zero-order valence-corrected chi connectivity index (χ0v) is 12.0. The molecule has 0 radical (unpaired) electrons. The monoisotopic (exact) mass is 307 g/mol. The van der Waals surface area contributed by atoms with E-state index in [1.807, 2.05) is 6.07 Å². The van der Waals surface area contributed by atoms with E-state index in [-0.39, 0.29) is 12.1 Å². The average molecular weight is 308 g/mol. The van der Waals surface area contributed by atoms with E-state index in [4.69, 9.17) is 9.84 Å². The molecule has 0 aliphatic carbocycles. The van der Waals surface area contributed by atoms with Crippen molar-refractivity contribution < 1.29 is 9.84 Å². The first-order valence-corrected chi connectivity index (χ1v) is 6.85. The van der Waals surface area contributed by atoms with Gasteiger partial charge in [-0.15, -0.1) is 11.3 Å². The van der Waals surface area contributed by atoms with E-state index < -0.39 is 0 Å². The molecule has 0 saturated heterocycles. The molecule has 1 unspecified atom stereocenters. The zero-order valence-electron chi connectivity index (χ0n) is 9.62. The van der Waals surface area contributed by atoms with E-state index in [2.05, 4.69) is 33.6 Å². The summed E-state index contributed by atoms with van der Waals surface area (Å²) in [4.78, 5) is 1.26. The molecule has 0 saturated carbocycles. The second-order valence-electron chi connectivity index (χ2n) is 4.01. The van der Waals surface area contributed by atoms with Crippen LogP contribution in [0, 0.1) is 0 Å². The summed E-state index contributed by atoms with van der Waals surface area (Å²) in [6, 6.07) is 2.04. The van der Waals surface area contributed by atoms with Gasteiger partial charge in [0.1, 0.15) is 0 Å². The van der Waals surface area contributed by atoms with Crippen LogP contribution in [0.4, 0.5) is 0 Å². The molecule has 0 spiro atoms. The first kappa shape index (κ1) is 14.1. The second kappa shape index (κ2) is 6.71. The Morgan fingerprint density at radius 3 is 2.88 bits per heavy atom. The zero-order chi connectivity index (χ0) is 12.0. The Morgan fingerprint density at radius 1 is 1.62 bits per heavy atom. The number of thiophene rings is 1. The lowest BCUT2D eigenvalue weighted by Gasteiger charge is -2.29. The average Bonchev–Trinajstić information content (AvgIpc) is 2.62. The van der Waals surface area contributed by atoms with Crippen LogP contribution in [0.15, 0.2) is 15.9 Å². The molecule has 0 fully saturated rings. The first-order chi connectivity index (χ1) is 7.61. The largest absolute Gasteiger partial charge is 0.396 e. The molecule has 1 rings (SSSR count). The number of rotatable bonds is 7. The van der Waals surface area contributed by atoms with Gasteiger partial charge in [0.2, 0.25) is 0 Å². The Hall–Kier alpha value is 0.0600. The molecule has 16 heavy (non-hydrogen) atoms. The van der Waals surface area contributed by atoms with Gasteiger partial charge in [-0.1, -0.05) is 0 Å². The summed E-state index contributed by atoms with van der Waals surface area (Å²) in [6.07, 6.45) is 0.684. The Bertz CT molecular complexity index is 311. The number of hydrogen-bond acceptors (Lipinski definition) is 4. The Kier molecular flexibility index (Phi) is 5.92. The third kappa shape index (κ3) is 4.14. The lowest BCUT2D eigenvalue weighted by Crippen LogP contribution is -2.46. The fraction of sp³-hybridized carbons (Fsp3) is 0.636. The number of hydrogen-bond donors (Lipinski definition) is 2. The lowest BCUT2D eigenvalue weighted by atomic mass is 9.99. The van der Waals surface area contributed by atoms with E-state index in [1.54, 1.807) is 18.4 Å². The fourth-order valence-corrected chi connectivity index (χ4v) is 2.95. The number of aliphatic hydroxyl groups excluding tert-OH is 1. The van der Waals surface area contributed by atoms with Crippen molar-refractivity contribution in [2.24, 2.45) is 0 Å². The highest BCUT2D eigenvalue weighted by molar-refractivity contribution is 9.10. The highest BCUT2D eigenvalue weighted by atomic mass is 79.9. The number of aliphatic hydroxyl groups is 1. The van der Waals surface area contributed by atoms with Gasteiger partial charge in [0.15, 0.2) is 0 Å². The minimum Gasteiger partial charge on any atom is -0.396 e. The van der Waals surface area contributed by atoms with Crippen molar-refractivity contribution in [1.82, 2.24) is 5.32 Å². The molecule has 0 aliphatic heterocycles. The SMILES string of the molecule is COCC(C)(CCO)NCc1sccc1Br. The van der Waals surface area contributed by atoms with Crippen molar-refractivity contribution >= 4 is 27.3 Å². The van der Waals surface area contributed by atoms with Crippen LogP contribution < -0.4 is 5.32 Å². The molecule has 5 heteroatoms. The van der Waals surface area contributed by atoms with Crippen molar-refractivity contribution in [1.29, 1.82) is 0 Å². The van der Waals surface area contributed by atoms with Gasteiger partial charge in [-0.2, -0.15) is 0 Å². The van der Waals surface area contributed by atoms with E-state index >= 15 is 0 Å². The number of halogens is 1. The second-order valence-corrected chi connectivity index (χ2v) is 5.87. The van der Waals surface area contributed by atoms with Crippen molar-refractivity contribution in [3.63, 3.8) is 0 Å². The van der Waals surface area contributed by atoms with E-state index in [0.29, 0.717) is 13.0 Å².